The summed E-state index contributed by atoms with van der Waals surface area (Å²) in [5.41, 5.74) is 1.72. The molecule has 1 N–H and O–H groups in total. The lowest BCUT2D eigenvalue weighted by molar-refractivity contribution is -0.138. The number of halogens is 2. The summed E-state index contributed by atoms with van der Waals surface area (Å²) in [6.45, 7) is 4.42. The maximum Gasteiger partial charge on any atom is 0.242 e. The summed E-state index contributed by atoms with van der Waals surface area (Å²) in [6.07, 6.45) is 0. The van der Waals surface area contributed by atoms with E-state index in [0.29, 0.717) is 28.9 Å². The molecule has 8 heteroatoms. The van der Waals surface area contributed by atoms with Crippen LogP contribution in [-0.4, -0.2) is 42.2 Å². The number of carbonyl (C=O) groups excluding carboxylic acids is 2. The summed E-state index contributed by atoms with van der Waals surface area (Å²) in [6, 6.07) is 12.2. The van der Waals surface area contributed by atoms with E-state index < -0.39 is 6.04 Å². The van der Waals surface area contributed by atoms with Gasteiger partial charge in [-0.2, -0.15) is 0 Å². The number of benzene rings is 2. The average Bonchev–Trinajstić information content (AvgIpc) is 2.74. The molecule has 2 aromatic rings. The van der Waals surface area contributed by atoms with E-state index in [1.165, 1.54) is 11.8 Å². The number of thioether (sulfide) groups is 1. The second-order valence-electron chi connectivity index (χ2n) is 6.63. The molecule has 0 aliphatic heterocycles. The summed E-state index contributed by atoms with van der Waals surface area (Å²) in [5, 5.41) is 3.94. The minimum absolute atomic E-state index is 0.127. The maximum absolute atomic E-state index is 13.0. The number of carbonyl (C=O) groups is 2. The third-order valence-corrected chi connectivity index (χ3v) is 6.22. The Kier molecular flexibility index (Phi) is 9.82. The fraction of sp³-hybridized carbons (Fsp3) is 0.364. The number of hydrogen-bond acceptors (Lipinski definition) is 4. The van der Waals surface area contributed by atoms with Gasteiger partial charge in [-0.15, -0.1) is 11.8 Å². The second-order valence-corrected chi connectivity index (χ2v) is 8.43. The Morgan fingerprint density at radius 2 is 1.77 bits per heavy atom. The Hall–Kier alpha value is -1.89. The van der Waals surface area contributed by atoms with Gasteiger partial charge in [0, 0.05) is 28.9 Å². The Morgan fingerprint density at radius 1 is 1.13 bits per heavy atom. The highest BCUT2D eigenvalue weighted by atomic mass is 35.5. The van der Waals surface area contributed by atoms with E-state index in [1.54, 1.807) is 37.1 Å². The lowest BCUT2D eigenvalue weighted by atomic mass is 10.1. The molecule has 2 aromatic carbocycles. The molecule has 5 nitrogen and oxygen atoms in total. The third kappa shape index (κ3) is 6.83. The van der Waals surface area contributed by atoms with Gasteiger partial charge in [-0.1, -0.05) is 41.4 Å². The monoisotopic (exact) mass is 468 g/mol. The van der Waals surface area contributed by atoms with Crippen LogP contribution >= 0.6 is 35.0 Å². The topological polar surface area (TPSA) is 58.6 Å². The zero-order chi connectivity index (χ0) is 22.1. The third-order valence-electron chi connectivity index (χ3n) is 4.56. The summed E-state index contributed by atoms with van der Waals surface area (Å²) in [5.74, 6) is 1.15. The Balaban J connectivity index is 2.09. The molecule has 0 unspecified atom stereocenters. The van der Waals surface area contributed by atoms with Crippen molar-refractivity contribution in [2.45, 2.75) is 32.2 Å². The fourth-order valence-corrected chi connectivity index (χ4v) is 4.47. The zero-order valence-corrected chi connectivity index (χ0v) is 19.6. The molecule has 0 fully saturated rings. The van der Waals surface area contributed by atoms with Gasteiger partial charge in [-0.3, -0.25) is 9.59 Å². The van der Waals surface area contributed by atoms with Gasteiger partial charge in [0.1, 0.15) is 11.8 Å². The van der Waals surface area contributed by atoms with Crippen molar-refractivity contribution in [3.8, 4) is 5.75 Å². The molecular formula is C22H26Cl2N2O3S. The molecule has 0 heterocycles. The van der Waals surface area contributed by atoms with Crippen molar-refractivity contribution in [2.24, 2.45) is 0 Å². The van der Waals surface area contributed by atoms with Crippen molar-refractivity contribution < 1.29 is 14.3 Å². The number of amides is 2. The van der Waals surface area contributed by atoms with Crippen LogP contribution in [0.4, 0.5) is 0 Å². The number of likely N-dealkylation sites (N-methyl/N-ethyl adjacent to an activating group) is 1. The first-order valence-electron chi connectivity index (χ1n) is 9.58. The summed E-state index contributed by atoms with van der Waals surface area (Å²) in [4.78, 5) is 27.0. The molecule has 30 heavy (non-hydrogen) atoms. The SMILES string of the molecule is CCNC(=O)[C@@H](C)N(Cc1ccc(OC)cc1)C(=O)CSCc1c(Cl)cccc1Cl. The molecule has 2 rings (SSSR count). The summed E-state index contributed by atoms with van der Waals surface area (Å²) in [7, 11) is 1.60. The molecule has 0 saturated heterocycles. The van der Waals surface area contributed by atoms with Gasteiger partial charge in [0.2, 0.25) is 11.8 Å². The van der Waals surface area contributed by atoms with Crippen LogP contribution in [-0.2, 0) is 21.9 Å². The highest BCUT2D eigenvalue weighted by Crippen LogP contribution is 2.28. The molecular weight excluding hydrogens is 443 g/mol. The minimum atomic E-state index is -0.593. The molecule has 162 valence electrons. The highest BCUT2D eigenvalue weighted by molar-refractivity contribution is 7.99. The lowest BCUT2D eigenvalue weighted by Gasteiger charge is -2.28. The van der Waals surface area contributed by atoms with Crippen LogP contribution in [0, 0.1) is 0 Å². The molecule has 0 saturated carbocycles. The highest BCUT2D eigenvalue weighted by Gasteiger charge is 2.25. The minimum Gasteiger partial charge on any atom is -0.497 e. The largest absolute Gasteiger partial charge is 0.497 e. The number of nitrogens with zero attached hydrogens (tertiary/aromatic N) is 1. The van der Waals surface area contributed by atoms with E-state index in [2.05, 4.69) is 5.32 Å². The molecule has 0 bridgehead atoms. The molecule has 0 radical (unpaired) electrons. The summed E-state index contributed by atoms with van der Waals surface area (Å²) >= 11 is 13.8. The second kappa shape index (κ2) is 12.1. The van der Waals surface area contributed by atoms with E-state index in [-0.39, 0.29) is 17.6 Å². The van der Waals surface area contributed by atoms with E-state index in [4.69, 9.17) is 27.9 Å². The quantitative estimate of drug-likeness (QED) is 0.544. The number of rotatable bonds is 10. The standard InChI is InChI=1S/C22H26Cl2N2O3S/c1-4-25-22(28)15(2)26(12-16-8-10-17(29-3)11-9-16)21(27)14-30-13-18-19(23)6-5-7-20(18)24/h5-11,15H,4,12-14H2,1-3H3,(H,25,28)/t15-/m1/s1. The van der Waals surface area contributed by atoms with Gasteiger partial charge in [0.05, 0.1) is 12.9 Å². The Morgan fingerprint density at radius 3 is 2.33 bits per heavy atom. The molecule has 1 atom stereocenters. The number of nitrogens with one attached hydrogen (secondary N) is 1. The van der Waals surface area contributed by atoms with Gasteiger partial charge in [-0.05, 0) is 49.2 Å². The normalized spacial score (nSPS) is 11.6. The van der Waals surface area contributed by atoms with Gasteiger partial charge in [0.25, 0.3) is 0 Å². The first kappa shape index (κ1) is 24.4. The van der Waals surface area contributed by atoms with Crippen LogP contribution in [0.15, 0.2) is 42.5 Å². The van der Waals surface area contributed by atoms with Crippen molar-refractivity contribution in [2.75, 3.05) is 19.4 Å². The van der Waals surface area contributed by atoms with Crippen LogP contribution in [0.2, 0.25) is 10.0 Å². The molecule has 2 amide bonds. The first-order chi connectivity index (χ1) is 14.4. The van der Waals surface area contributed by atoms with Crippen LogP contribution in [0.25, 0.3) is 0 Å². The summed E-state index contributed by atoms with van der Waals surface area (Å²) < 4.78 is 5.18. The van der Waals surface area contributed by atoms with Gasteiger partial charge in [-0.25, -0.2) is 0 Å². The van der Waals surface area contributed by atoms with Crippen molar-refractivity contribution in [1.29, 1.82) is 0 Å². The number of hydrogen-bond donors (Lipinski definition) is 1. The van der Waals surface area contributed by atoms with Crippen LogP contribution in [0.5, 0.6) is 5.75 Å². The van der Waals surface area contributed by atoms with E-state index >= 15 is 0 Å². The van der Waals surface area contributed by atoms with Crippen molar-refractivity contribution in [1.82, 2.24) is 10.2 Å². The van der Waals surface area contributed by atoms with Crippen molar-refractivity contribution in [3.63, 3.8) is 0 Å². The van der Waals surface area contributed by atoms with Gasteiger partial charge >= 0.3 is 0 Å². The molecule has 0 spiro atoms. The number of ether oxygens (including phenoxy) is 1. The fourth-order valence-electron chi connectivity index (χ4n) is 2.83. The van der Waals surface area contributed by atoms with Crippen molar-refractivity contribution in [3.05, 3.63) is 63.6 Å². The Bertz CT molecular complexity index is 842. The lowest BCUT2D eigenvalue weighted by Crippen LogP contribution is -2.48. The first-order valence-corrected chi connectivity index (χ1v) is 11.5. The molecule has 0 aliphatic rings. The number of methoxy groups -OCH3 is 1. The zero-order valence-electron chi connectivity index (χ0n) is 17.3. The molecule has 0 aliphatic carbocycles. The Labute approximate surface area is 192 Å². The van der Waals surface area contributed by atoms with Gasteiger partial charge in [0.15, 0.2) is 0 Å². The average molecular weight is 469 g/mol. The van der Waals surface area contributed by atoms with Gasteiger partial charge < -0.3 is 15.0 Å². The van der Waals surface area contributed by atoms with E-state index in [1.807, 2.05) is 31.2 Å². The predicted molar refractivity (Wildman–Crippen MR) is 124 cm³/mol. The van der Waals surface area contributed by atoms with E-state index in [0.717, 1.165) is 16.9 Å². The van der Waals surface area contributed by atoms with Crippen LogP contribution in [0.1, 0.15) is 25.0 Å². The predicted octanol–water partition coefficient (Wildman–Crippen LogP) is 4.79. The van der Waals surface area contributed by atoms with Crippen LogP contribution < -0.4 is 10.1 Å². The maximum atomic E-state index is 13.0. The van der Waals surface area contributed by atoms with E-state index in [9.17, 15) is 9.59 Å². The van der Waals surface area contributed by atoms with Crippen molar-refractivity contribution >= 4 is 46.8 Å². The molecule has 0 aromatic heterocycles. The smallest absolute Gasteiger partial charge is 0.242 e. The van der Waals surface area contributed by atoms with Crippen LogP contribution in [0.3, 0.4) is 0 Å².